The van der Waals surface area contributed by atoms with Crippen LogP contribution < -0.4 is 5.56 Å². The van der Waals surface area contributed by atoms with Crippen molar-refractivity contribution in [2.45, 2.75) is 25.3 Å². The third kappa shape index (κ3) is 2.33. The van der Waals surface area contributed by atoms with Gasteiger partial charge in [0.15, 0.2) is 11.6 Å². The summed E-state index contributed by atoms with van der Waals surface area (Å²) in [6.07, 6.45) is 4.00. The van der Waals surface area contributed by atoms with E-state index in [9.17, 15) is 13.6 Å². The second-order valence-electron chi connectivity index (χ2n) is 6.79. The van der Waals surface area contributed by atoms with Gasteiger partial charge in [0, 0.05) is 28.7 Å². The number of H-pyrrole nitrogens is 1. The summed E-state index contributed by atoms with van der Waals surface area (Å²) < 4.78 is 29.8. The van der Waals surface area contributed by atoms with Gasteiger partial charge >= 0.3 is 0 Å². The van der Waals surface area contributed by atoms with E-state index in [2.05, 4.69) is 20.6 Å². The van der Waals surface area contributed by atoms with Crippen molar-refractivity contribution in [2.75, 3.05) is 0 Å². The first-order valence-corrected chi connectivity index (χ1v) is 8.56. The van der Waals surface area contributed by atoms with Gasteiger partial charge < -0.3 is 9.55 Å². The lowest BCUT2D eigenvalue weighted by Crippen LogP contribution is -2.12. The van der Waals surface area contributed by atoms with Gasteiger partial charge in [-0.15, -0.1) is 0 Å². The Labute approximate surface area is 147 Å². The number of nitrogens with zero attached hydrogens (tertiary/aromatic N) is 2. The average molecular weight is 351 g/mol. The molecule has 1 aliphatic rings. The molecule has 3 heterocycles. The Bertz CT molecular complexity index is 1220. The molecule has 4 nitrogen and oxygen atoms in total. The van der Waals surface area contributed by atoms with E-state index in [0.29, 0.717) is 23.4 Å². The number of pyridine rings is 2. The molecule has 1 aliphatic carbocycles. The van der Waals surface area contributed by atoms with Crippen molar-refractivity contribution in [3.05, 3.63) is 75.8 Å². The molecular weight excluding hydrogens is 336 g/mol. The van der Waals surface area contributed by atoms with Gasteiger partial charge in [-0.2, -0.15) is 0 Å². The number of aromatic nitrogens is 3. The molecular formula is C20H15F2N3O. The minimum Gasteiger partial charge on any atom is -0.325 e. The van der Waals surface area contributed by atoms with Crippen molar-refractivity contribution in [1.82, 2.24) is 14.5 Å². The first kappa shape index (κ1) is 15.3. The predicted octanol–water partition coefficient (Wildman–Crippen LogP) is 4.08. The fourth-order valence-electron chi connectivity index (χ4n) is 3.63. The van der Waals surface area contributed by atoms with E-state index in [1.54, 1.807) is 6.20 Å². The first-order chi connectivity index (χ1) is 12.6. The number of hydrogen-bond acceptors (Lipinski definition) is 2. The molecule has 0 bridgehead atoms. The molecule has 0 spiro atoms. The maximum Gasteiger partial charge on any atom is 0.248 e. The van der Waals surface area contributed by atoms with Gasteiger partial charge in [-0.05, 0) is 54.7 Å². The summed E-state index contributed by atoms with van der Waals surface area (Å²) in [5.74, 6) is -1.51. The van der Waals surface area contributed by atoms with Gasteiger partial charge in [0.25, 0.3) is 0 Å². The van der Waals surface area contributed by atoms with Crippen LogP contribution in [0.25, 0.3) is 21.9 Å². The Balaban J connectivity index is 1.74. The van der Waals surface area contributed by atoms with Gasteiger partial charge in [0.1, 0.15) is 5.65 Å². The summed E-state index contributed by atoms with van der Waals surface area (Å²) in [4.78, 5) is 18.9. The summed E-state index contributed by atoms with van der Waals surface area (Å²) >= 11 is 0. The average Bonchev–Trinajstić information content (AvgIpc) is 3.41. The fourth-order valence-corrected chi connectivity index (χ4v) is 3.63. The number of nitrogens with one attached hydrogen (secondary N) is 1. The summed E-state index contributed by atoms with van der Waals surface area (Å²) in [6, 6.07) is 10.1. The van der Waals surface area contributed by atoms with Crippen LogP contribution in [0.15, 0.2) is 47.4 Å². The van der Waals surface area contributed by atoms with E-state index in [1.165, 1.54) is 17.8 Å². The minimum absolute atomic E-state index is 0.0927. The molecule has 26 heavy (non-hydrogen) atoms. The van der Waals surface area contributed by atoms with Crippen molar-refractivity contribution < 1.29 is 8.78 Å². The Morgan fingerprint density at radius 1 is 1.19 bits per heavy atom. The zero-order valence-corrected chi connectivity index (χ0v) is 13.8. The summed E-state index contributed by atoms with van der Waals surface area (Å²) in [7, 11) is 0. The summed E-state index contributed by atoms with van der Waals surface area (Å²) in [6.45, 7) is 0.387. The Hall–Kier alpha value is -3.02. The zero-order chi connectivity index (χ0) is 17.8. The largest absolute Gasteiger partial charge is 0.325 e. The zero-order valence-electron chi connectivity index (χ0n) is 13.8. The molecule has 0 saturated heterocycles. The Morgan fingerprint density at radius 3 is 2.85 bits per heavy atom. The molecule has 0 unspecified atom stereocenters. The van der Waals surface area contributed by atoms with Crippen molar-refractivity contribution >= 4 is 21.9 Å². The topological polar surface area (TPSA) is 50.7 Å². The highest BCUT2D eigenvalue weighted by Crippen LogP contribution is 2.42. The van der Waals surface area contributed by atoms with Crippen molar-refractivity contribution in [2.24, 2.45) is 0 Å². The molecule has 0 radical (unpaired) electrons. The SMILES string of the molecule is O=c1cc(Cn2c(C3CC3)cc3cccnc32)c2ccc(F)c(F)c2[nH]1. The lowest BCUT2D eigenvalue weighted by Gasteiger charge is -2.12. The monoisotopic (exact) mass is 351 g/mol. The number of fused-ring (bicyclic) bond motifs is 2. The number of halogens is 2. The highest BCUT2D eigenvalue weighted by Gasteiger charge is 2.28. The standard InChI is InChI=1S/C20H15F2N3O/c21-15-6-5-14-13(9-17(26)24-19(14)18(15)22)10-25-16(11-3-4-11)8-12-2-1-7-23-20(12)25/h1-2,5-9,11H,3-4,10H2,(H,24,26). The normalized spacial score (nSPS) is 14.4. The summed E-state index contributed by atoms with van der Waals surface area (Å²) in [5.41, 5.74) is 2.12. The molecule has 0 atom stereocenters. The highest BCUT2D eigenvalue weighted by atomic mass is 19.2. The molecule has 1 N–H and O–H groups in total. The van der Waals surface area contributed by atoms with Crippen LogP contribution in [0, 0.1) is 11.6 Å². The number of benzene rings is 1. The number of hydrogen-bond donors (Lipinski definition) is 1. The molecule has 3 aromatic heterocycles. The Morgan fingerprint density at radius 2 is 2.04 bits per heavy atom. The molecule has 4 aromatic rings. The summed E-state index contributed by atoms with van der Waals surface area (Å²) in [5, 5.41) is 1.55. The van der Waals surface area contributed by atoms with Crippen LogP contribution in [0.4, 0.5) is 8.78 Å². The quantitative estimate of drug-likeness (QED) is 0.605. The van der Waals surface area contributed by atoms with Gasteiger partial charge in [-0.25, -0.2) is 13.8 Å². The molecule has 0 amide bonds. The van der Waals surface area contributed by atoms with Crippen LogP contribution in [0.5, 0.6) is 0 Å². The molecule has 1 aromatic carbocycles. The maximum absolute atomic E-state index is 14.1. The van der Waals surface area contributed by atoms with E-state index >= 15 is 0 Å². The number of aromatic amines is 1. The lowest BCUT2D eigenvalue weighted by atomic mass is 10.1. The smallest absolute Gasteiger partial charge is 0.248 e. The maximum atomic E-state index is 14.1. The molecule has 1 saturated carbocycles. The van der Waals surface area contributed by atoms with Crippen molar-refractivity contribution in [3.63, 3.8) is 0 Å². The molecule has 0 aliphatic heterocycles. The molecule has 5 rings (SSSR count). The second kappa shape index (κ2) is 5.49. The number of rotatable bonds is 3. The van der Waals surface area contributed by atoms with E-state index in [0.717, 1.165) is 29.9 Å². The van der Waals surface area contributed by atoms with E-state index in [1.807, 2.05) is 12.1 Å². The van der Waals surface area contributed by atoms with Crippen LogP contribution in [-0.2, 0) is 6.54 Å². The van der Waals surface area contributed by atoms with Gasteiger partial charge in [-0.3, -0.25) is 4.79 Å². The van der Waals surface area contributed by atoms with Crippen molar-refractivity contribution in [3.8, 4) is 0 Å². The van der Waals surface area contributed by atoms with Crippen LogP contribution in [-0.4, -0.2) is 14.5 Å². The second-order valence-corrected chi connectivity index (χ2v) is 6.79. The first-order valence-electron chi connectivity index (χ1n) is 8.56. The van der Waals surface area contributed by atoms with E-state index in [-0.39, 0.29) is 5.52 Å². The van der Waals surface area contributed by atoms with Gasteiger partial charge in [0.05, 0.1) is 12.1 Å². The molecule has 6 heteroatoms. The molecule has 1 fully saturated rings. The fraction of sp³-hybridized carbons (Fsp3) is 0.200. The third-order valence-corrected chi connectivity index (χ3v) is 5.01. The molecule has 130 valence electrons. The highest BCUT2D eigenvalue weighted by molar-refractivity contribution is 5.83. The van der Waals surface area contributed by atoms with E-state index < -0.39 is 17.2 Å². The van der Waals surface area contributed by atoms with Gasteiger partial charge in [-0.1, -0.05) is 0 Å². The minimum atomic E-state index is -1.03. The van der Waals surface area contributed by atoms with Crippen LogP contribution in [0.1, 0.15) is 30.0 Å². The predicted molar refractivity (Wildman–Crippen MR) is 95.3 cm³/mol. The van der Waals surface area contributed by atoms with Gasteiger partial charge in [0.2, 0.25) is 5.56 Å². The third-order valence-electron chi connectivity index (χ3n) is 5.01. The van der Waals surface area contributed by atoms with Crippen LogP contribution in [0.2, 0.25) is 0 Å². The van der Waals surface area contributed by atoms with E-state index in [4.69, 9.17) is 0 Å². The van der Waals surface area contributed by atoms with Crippen LogP contribution >= 0.6 is 0 Å². The Kier molecular flexibility index (Phi) is 3.22. The van der Waals surface area contributed by atoms with Crippen LogP contribution in [0.3, 0.4) is 0 Å². The lowest BCUT2D eigenvalue weighted by molar-refractivity contribution is 0.515. The van der Waals surface area contributed by atoms with Crippen molar-refractivity contribution in [1.29, 1.82) is 0 Å².